The lowest BCUT2D eigenvalue weighted by molar-refractivity contribution is 1.15. The first-order valence-electron chi connectivity index (χ1n) is 17.7. The van der Waals surface area contributed by atoms with E-state index in [4.69, 9.17) is 4.98 Å². The van der Waals surface area contributed by atoms with Crippen LogP contribution >= 0.6 is 0 Å². The number of nitrogens with zero attached hydrogens (tertiary/aromatic N) is 4. The van der Waals surface area contributed by atoms with Gasteiger partial charge in [-0.2, -0.15) is 0 Å². The van der Waals surface area contributed by atoms with Gasteiger partial charge in [0.05, 0.1) is 39.6 Å². The summed E-state index contributed by atoms with van der Waals surface area (Å²) in [5, 5.41) is 9.85. The van der Waals surface area contributed by atoms with Gasteiger partial charge < -0.3 is 9.13 Å². The first-order valence-corrected chi connectivity index (χ1v) is 17.7. The van der Waals surface area contributed by atoms with Crippen molar-refractivity contribution in [2.24, 2.45) is 0 Å². The second kappa shape index (κ2) is 10.3. The molecule has 0 fully saturated rings. The standard InChI is InChI=1S/C48H28N4/c1-2-11-33(12-3-1)51-42-16-7-6-14-36(42)38-23-30(18-20-43(38)51)31-19-21-44-40(24-31)47-35-13-5-4-9-29(35)17-22-45(47)52(44)34-25-39-37-15-8-10-32-26-49-28-41(46(32)37)48(39)50-27-34/h1-28H. The van der Waals surface area contributed by atoms with Crippen LogP contribution < -0.4 is 0 Å². The fourth-order valence-electron chi connectivity index (χ4n) is 8.89. The van der Waals surface area contributed by atoms with E-state index in [-0.39, 0.29) is 0 Å². The topological polar surface area (TPSA) is 35.6 Å². The highest BCUT2D eigenvalue weighted by molar-refractivity contribution is 6.22. The van der Waals surface area contributed by atoms with E-state index in [0.29, 0.717) is 0 Å². The van der Waals surface area contributed by atoms with Gasteiger partial charge in [-0.25, -0.2) is 0 Å². The molecule has 0 bridgehead atoms. The number of pyridine rings is 2. The SMILES string of the molecule is c1ccc(-n2c3ccccc3c3cc(-c4ccc5c(c4)c4c6ccccc6ccc4n5-c4cnc5c(c4)-c4cccc6cncc-5c46)ccc32)cc1. The Morgan fingerprint density at radius 3 is 1.94 bits per heavy atom. The first-order chi connectivity index (χ1) is 25.8. The summed E-state index contributed by atoms with van der Waals surface area (Å²) in [6.07, 6.45) is 5.93. The predicted octanol–water partition coefficient (Wildman–Crippen LogP) is 12.3. The minimum absolute atomic E-state index is 1.00. The Morgan fingerprint density at radius 2 is 1.06 bits per heavy atom. The van der Waals surface area contributed by atoms with Crippen molar-refractivity contribution >= 4 is 65.2 Å². The molecule has 0 amide bonds. The molecule has 7 aromatic carbocycles. The van der Waals surface area contributed by atoms with E-state index in [1.54, 1.807) is 0 Å². The van der Waals surface area contributed by atoms with Crippen LogP contribution in [-0.4, -0.2) is 19.1 Å². The van der Waals surface area contributed by atoms with Gasteiger partial charge in [0, 0.05) is 61.5 Å². The average molecular weight is 661 g/mol. The Labute approximate surface area is 298 Å². The number of para-hydroxylation sites is 2. The van der Waals surface area contributed by atoms with Crippen LogP contribution in [0.1, 0.15) is 0 Å². The summed E-state index contributed by atoms with van der Waals surface area (Å²) >= 11 is 0. The van der Waals surface area contributed by atoms with Gasteiger partial charge in [-0.1, -0.05) is 97.1 Å². The van der Waals surface area contributed by atoms with Gasteiger partial charge >= 0.3 is 0 Å². The molecule has 4 heterocycles. The molecule has 0 spiro atoms. The third kappa shape index (κ3) is 3.70. The quantitative estimate of drug-likeness (QED) is 0.189. The molecule has 11 aromatic rings. The molecular formula is C48H28N4. The van der Waals surface area contributed by atoms with Crippen LogP contribution in [0.3, 0.4) is 0 Å². The van der Waals surface area contributed by atoms with Gasteiger partial charge in [0.1, 0.15) is 0 Å². The van der Waals surface area contributed by atoms with Crippen LogP contribution in [0.4, 0.5) is 0 Å². The number of aromatic nitrogens is 4. The molecule has 1 aliphatic carbocycles. The Bertz CT molecular complexity index is 3290. The first kappa shape index (κ1) is 27.7. The zero-order chi connectivity index (χ0) is 33.9. The molecule has 52 heavy (non-hydrogen) atoms. The Kier molecular flexibility index (Phi) is 5.47. The van der Waals surface area contributed by atoms with Crippen LogP contribution in [0, 0.1) is 0 Å². The van der Waals surface area contributed by atoms with Crippen LogP contribution in [0.2, 0.25) is 0 Å². The minimum atomic E-state index is 1.00. The van der Waals surface area contributed by atoms with Crippen molar-refractivity contribution in [3.8, 4) is 44.9 Å². The molecule has 0 aliphatic heterocycles. The van der Waals surface area contributed by atoms with E-state index < -0.39 is 0 Å². The Balaban J connectivity index is 1.10. The zero-order valence-corrected chi connectivity index (χ0v) is 28.0. The van der Waals surface area contributed by atoms with E-state index in [0.717, 1.165) is 33.4 Å². The van der Waals surface area contributed by atoms with Crippen molar-refractivity contribution in [1.29, 1.82) is 0 Å². The van der Waals surface area contributed by atoms with E-state index >= 15 is 0 Å². The van der Waals surface area contributed by atoms with Crippen LogP contribution in [0.5, 0.6) is 0 Å². The average Bonchev–Trinajstić information content (AvgIpc) is 3.84. The van der Waals surface area contributed by atoms with Gasteiger partial charge in [-0.05, 0) is 82.1 Å². The van der Waals surface area contributed by atoms with Gasteiger partial charge in [-0.3, -0.25) is 9.97 Å². The monoisotopic (exact) mass is 660 g/mol. The third-order valence-corrected chi connectivity index (χ3v) is 11.1. The summed E-state index contributed by atoms with van der Waals surface area (Å²) in [6, 6.07) is 55.3. The lowest BCUT2D eigenvalue weighted by atomic mass is 9.99. The smallest absolute Gasteiger partial charge is 0.0804 e. The number of hydrogen-bond donors (Lipinski definition) is 0. The molecule has 0 atom stereocenters. The van der Waals surface area contributed by atoms with Gasteiger partial charge in [0.15, 0.2) is 0 Å². The second-order valence-electron chi connectivity index (χ2n) is 13.8. The predicted molar refractivity (Wildman–Crippen MR) is 216 cm³/mol. The van der Waals surface area contributed by atoms with Crippen molar-refractivity contribution in [2.45, 2.75) is 0 Å². The zero-order valence-electron chi connectivity index (χ0n) is 28.0. The van der Waals surface area contributed by atoms with Crippen molar-refractivity contribution < 1.29 is 0 Å². The molecule has 4 heteroatoms. The summed E-state index contributed by atoms with van der Waals surface area (Å²) in [7, 11) is 0. The summed E-state index contributed by atoms with van der Waals surface area (Å²) in [5.41, 5.74) is 13.8. The summed E-state index contributed by atoms with van der Waals surface area (Å²) < 4.78 is 4.77. The van der Waals surface area contributed by atoms with Crippen molar-refractivity contribution in [2.75, 3.05) is 0 Å². The summed E-state index contributed by atoms with van der Waals surface area (Å²) in [4.78, 5) is 9.64. The van der Waals surface area contributed by atoms with Crippen molar-refractivity contribution in [3.63, 3.8) is 0 Å². The molecule has 1 aliphatic rings. The fourth-order valence-corrected chi connectivity index (χ4v) is 8.89. The largest absolute Gasteiger partial charge is 0.309 e. The molecule has 0 unspecified atom stereocenters. The molecule has 240 valence electrons. The van der Waals surface area contributed by atoms with Gasteiger partial charge in [-0.15, -0.1) is 0 Å². The van der Waals surface area contributed by atoms with E-state index in [1.807, 2.05) is 18.6 Å². The third-order valence-electron chi connectivity index (χ3n) is 11.1. The normalized spacial score (nSPS) is 12.2. The van der Waals surface area contributed by atoms with Gasteiger partial charge in [0.25, 0.3) is 0 Å². The van der Waals surface area contributed by atoms with E-state index in [2.05, 4.69) is 166 Å². The second-order valence-corrected chi connectivity index (χ2v) is 13.8. The Hall–Kier alpha value is -7.04. The molecule has 0 radical (unpaired) electrons. The maximum Gasteiger partial charge on any atom is 0.0804 e. The maximum atomic E-state index is 5.11. The lowest BCUT2D eigenvalue weighted by Crippen LogP contribution is -1.96. The maximum absolute atomic E-state index is 5.11. The van der Waals surface area contributed by atoms with Crippen molar-refractivity contribution in [1.82, 2.24) is 19.1 Å². The van der Waals surface area contributed by atoms with E-state index in [9.17, 15) is 0 Å². The highest BCUT2D eigenvalue weighted by Gasteiger charge is 2.25. The fraction of sp³-hybridized carbons (Fsp3) is 0. The molecule has 12 rings (SSSR count). The number of rotatable bonds is 3. The molecule has 0 saturated heterocycles. The van der Waals surface area contributed by atoms with Crippen LogP contribution in [0.25, 0.3) is 110 Å². The number of fused-ring (bicyclic) bond motifs is 11. The number of hydrogen-bond acceptors (Lipinski definition) is 2. The van der Waals surface area contributed by atoms with E-state index in [1.165, 1.54) is 76.6 Å². The summed E-state index contributed by atoms with van der Waals surface area (Å²) in [5.74, 6) is 0. The van der Waals surface area contributed by atoms with Crippen molar-refractivity contribution in [3.05, 3.63) is 170 Å². The van der Waals surface area contributed by atoms with Crippen LogP contribution in [-0.2, 0) is 0 Å². The van der Waals surface area contributed by atoms with Gasteiger partial charge in [0.2, 0.25) is 0 Å². The molecule has 4 nitrogen and oxygen atoms in total. The lowest BCUT2D eigenvalue weighted by Gasteiger charge is -2.11. The molecular weight excluding hydrogens is 633 g/mol. The Morgan fingerprint density at radius 1 is 0.365 bits per heavy atom. The minimum Gasteiger partial charge on any atom is -0.309 e. The highest BCUT2D eigenvalue weighted by Crippen LogP contribution is 2.47. The summed E-state index contributed by atoms with van der Waals surface area (Å²) in [6.45, 7) is 0. The molecule has 0 N–H and O–H groups in total. The van der Waals surface area contributed by atoms with Crippen LogP contribution in [0.15, 0.2) is 170 Å². The molecule has 0 saturated carbocycles. The number of benzene rings is 7. The molecule has 4 aromatic heterocycles. The highest BCUT2D eigenvalue weighted by atomic mass is 15.0.